The van der Waals surface area contributed by atoms with E-state index in [2.05, 4.69) is 20.8 Å². The van der Waals surface area contributed by atoms with Crippen molar-refractivity contribution in [1.29, 1.82) is 0 Å². The third kappa shape index (κ3) is 56.3. The number of hydrogen-bond donors (Lipinski definition) is 3. The number of carbonyl (C=O) groups excluding carboxylic acids is 1. The van der Waals surface area contributed by atoms with Crippen LogP contribution in [0.15, 0.2) is 0 Å². The Balaban J connectivity index is 1.33. The second-order valence-corrected chi connectivity index (χ2v) is 32.6. The van der Waals surface area contributed by atoms with Crippen LogP contribution in [0.1, 0.15) is 483 Å². The fourth-order valence-corrected chi connectivity index (χ4v) is 16.4. The molecule has 0 aromatic rings. The third-order valence-electron chi connectivity index (χ3n) is 23.5. The Morgan fingerprint density at radius 1 is 0.361 bits per heavy atom. The highest BCUT2D eigenvalue weighted by Gasteiger charge is 2.44. The van der Waals surface area contributed by atoms with Gasteiger partial charge in [-0.1, -0.05) is 451 Å². The average molecular weight is 1370 g/mol. The van der Waals surface area contributed by atoms with Crippen LogP contribution in [0.5, 0.6) is 0 Å². The molecular formula is C89H174O8. The Kier molecular flexibility index (Phi) is 67.4. The van der Waals surface area contributed by atoms with E-state index in [-0.39, 0.29) is 6.61 Å². The molecule has 1 saturated carbocycles. The summed E-state index contributed by atoms with van der Waals surface area (Å²) in [6.45, 7) is 6.88. The first kappa shape index (κ1) is 92.3. The summed E-state index contributed by atoms with van der Waals surface area (Å²) in [4.78, 5) is 13.4. The zero-order chi connectivity index (χ0) is 69.8. The number of carbonyl (C=O) groups is 1. The second-order valence-electron chi connectivity index (χ2n) is 32.6. The van der Waals surface area contributed by atoms with Crippen LogP contribution >= 0.6 is 0 Å². The summed E-state index contributed by atoms with van der Waals surface area (Å²) in [5, 5.41) is 32.0. The van der Waals surface area contributed by atoms with E-state index < -0.39 is 42.6 Å². The second kappa shape index (κ2) is 70.9. The molecule has 1 unspecified atom stereocenters. The quantitative estimate of drug-likeness (QED) is 0.0408. The summed E-state index contributed by atoms with van der Waals surface area (Å²) in [7, 11) is 3.37. The maximum Gasteiger partial charge on any atom is 0.311 e. The number of methoxy groups -OCH3 is 2. The number of rotatable bonds is 80. The van der Waals surface area contributed by atoms with Crippen molar-refractivity contribution in [2.75, 3.05) is 20.8 Å². The summed E-state index contributed by atoms with van der Waals surface area (Å²) >= 11 is 0. The van der Waals surface area contributed by atoms with E-state index >= 15 is 0 Å². The molecule has 0 spiro atoms. The molecule has 0 aromatic heterocycles. The zero-order valence-corrected chi connectivity index (χ0v) is 66.3. The van der Waals surface area contributed by atoms with Gasteiger partial charge in [-0.25, -0.2) is 0 Å². The van der Waals surface area contributed by atoms with Crippen LogP contribution in [0.25, 0.3) is 0 Å². The van der Waals surface area contributed by atoms with E-state index in [9.17, 15) is 20.1 Å². The zero-order valence-electron chi connectivity index (χ0n) is 66.3. The van der Waals surface area contributed by atoms with Gasteiger partial charge >= 0.3 is 5.97 Å². The Bertz CT molecular complexity index is 1580. The summed E-state index contributed by atoms with van der Waals surface area (Å²) in [6.07, 6.45) is 93.6. The molecule has 3 N–H and O–H groups in total. The molecule has 0 bridgehead atoms. The monoisotopic (exact) mass is 1370 g/mol. The van der Waals surface area contributed by atoms with Crippen molar-refractivity contribution in [3.05, 3.63) is 0 Å². The molecule has 0 aromatic carbocycles. The molecule has 1 saturated heterocycles. The standard InChI is InChI=1S/C89H174O8/c1-6-8-10-12-14-16-18-20-22-24-25-26-27-31-38-44-50-56-62-68-74-82(88(93)96-78-85-86(91)87(92)89(95-5)97-85)83(90)75-69-63-57-51-45-39-32-28-30-36-42-48-54-60-66-72-80-77-81(80)73-67-61-55-49-43-37-33-34-40-46-52-58-64-70-76-84(94-4)79(3)71-65-59-53-47-41-35-29-23-21-19-17-15-13-11-9-7-2/h79-87,89-92H,6-78H2,1-5H3/t79-,80+,81?,82+,83+,84+,85+,86+,87-,89-/m0/s1. The van der Waals surface area contributed by atoms with Crippen molar-refractivity contribution in [3.63, 3.8) is 0 Å². The summed E-state index contributed by atoms with van der Waals surface area (Å²) in [5.74, 6) is 1.84. The molecular weight excluding hydrogens is 1200 g/mol. The molecule has 8 nitrogen and oxygen atoms in total. The fourth-order valence-electron chi connectivity index (χ4n) is 16.4. The van der Waals surface area contributed by atoms with Crippen LogP contribution in [0.2, 0.25) is 0 Å². The van der Waals surface area contributed by atoms with Crippen molar-refractivity contribution in [1.82, 2.24) is 0 Å². The Labute approximate surface area is 606 Å². The highest BCUT2D eigenvalue weighted by molar-refractivity contribution is 5.73. The largest absolute Gasteiger partial charge is 0.463 e. The highest BCUT2D eigenvalue weighted by atomic mass is 16.7. The fraction of sp³-hybridized carbons (Fsp3) is 0.989. The van der Waals surface area contributed by atoms with Crippen LogP contribution in [0.4, 0.5) is 0 Å². The van der Waals surface area contributed by atoms with Gasteiger partial charge in [0.15, 0.2) is 6.29 Å². The molecule has 8 heteroatoms. The Morgan fingerprint density at radius 2 is 0.629 bits per heavy atom. The molecule has 2 fully saturated rings. The lowest BCUT2D eigenvalue weighted by Gasteiger charge is -2.23. The van der Waals surface area contributed by atoms with Gasteiger partial charge in [0.05, 0.1) is 18.1 Å². The van der Waals surface area contributed by atoms with Gasteiger partial charge in [0.25, 0.3) is 0 Å². The predicted molar refractivity (Wildman–Crippen MR) is 419 cm³/mol. The minimum absolute atomic E-state index is 0.168. The van der Waals surface area contributed by atoms with Gasteiger partial charge < -0.3 is 34.3 Å². The van der Waals surface area contributed by atoms with E-state index in [4.69, 9.17) is 18.9 Å². The first-order valence-electron chi connectivity index (χ1n) is 44.7. The summed E-state index contributed by atoms with van der Waals surface area (Å²) in [5.41, 5.74) is 0. The highest BCUT2D eigenvalue weighted by Crippen LogP contribution is 2.46. The molecule has 97 heavy (non-hydrogen) atoms. The van der Waals surface area contributed by atoms with Crippen LogP contribution in [0.3, 0.4) is 0 Å². The van der Waals surface area contributed by atoms with Gasteiger partial charge in [0.1, 0.15) is 24.9 Å². The number of aliphatic hydroxyl groups excluding tert-OH is 3. The van der Waals surface area contributed by atoms with Crippen molar-refractivity contribution in [2.45, 2.75) is 520 Å². The molecule has 1 aliphatic carbocycles. The Morgan fingerprint density at radius 3 is 0.918 bits per heavy atom. The van der Waals surface area contributed by atoms with Crippen LogP contribution < -0.4 is 0 Å². The van der Waals surface area contributed by atoms with Crippen LogP contribution in [-0.4, -0.2) is 78.9 Å². The predicted octanol–water partition coefficient (Wildman–Crippen LogP) is 27.6. The van der Waals surface area contributed by atoms with E-state index in [1.165, 1.54) is 424 Å². The topological polar surface area (TPSA) is 115 Å². The molecule has 10 atom stereocenters. The number of esters is 1. The maximum atomic E-state index is 13.4. The minimum Gasteiger partial charge on any atom is -0.463 e. The maximum absolute atomic E-state index is 13.4. The molecule has 0 amide bonds. The van der Waals surface area contributed by atoms with Crippen LogP contribution in [-0.2, 0) is 23.7 Å². The first-order chi connectivity index (χ1) is 47.8. The van der Waals surface area contributed by atoms with Crippen molar-refractivity contribution in [3.8, 4) is 0 Å². The third-order valence-corrected chi connectivity index (χ3v) is 23.5. The summed E-state index contributed by atoms with van der Waals surface area (Å²) < 4.78 is 22.4. The van der Waals surface area contributed by atoms with Gasteiger partial charge in [-0.15, -0.1) is 0 Å². The SMILES string of the molecule is CCCCCCCCCCCCCCCCCCCCCC[C@@H](C(=O)OC[C@H]1O[C@H](OC)[C@@H](O)[C@@H]1O)[C@H](O)CCCCCCCCCCCCCCCCC[C@@H]1CC1CCCCCCCCCCCCCCCC[C@@H](OC)[C@@H](C)CCCCCCCCCCCCCCCCCC. The van der Waals surface area contributed by atoms with Gasteiger partial charge in [0, 0.05) is 14.2 Å². The smallest absolute Gasteiger partial charge is 0.311 e. The number of unbranched alkanes of at least 4 members (excludes halogenated alkanes) is 61. The molecule has 2 rings (SSSR count). The molecule has 1 heterocycles. The van der Waals surface area contributed by atoms with Gasteiger partial charge in [-0.3, -0.25) is 4.79 Å². The average Bonchev–Trinajstić information content (AvgIpc) is 1.73. The molecule has 2 aliphatic rings. The van der Waals surface area contributed by atoms with E-state index in [1.54, 1.807) is 0 Å². The number of aliphatic hydroxyl groups is 3. The molecule has 578 valence electrons. The van der Waals surface area contributed by atoms with E-state index in [0.29, 0.717) is 24.9 Å². The van der Waals surface area contributed by atoms with Crippen molar-refractivity contribution < 1.29 is 39.1 Å². The van der Waals surface area contributed by atoms with Crippen LogP contribution in [0, 0.1) is 23.7 Å². The van der Waals surface area contributed by atoms with E-state index in [0.717, 1.165) is 43.9 Å². The normalized spacial score (nSPS) is 19.1. The van der Waals surface area contributed by atoms with Gasteiger partial charge in [-0.2, -0.15) is 0 Å². The molecule has 0 radical (unpaired) electrons. The lowest BCUT2D eigenvalue weighted by atomic mass is 9.91. The van der Waals surface area contributed by atoms with Crippen molar-refractivity contribution >= 4 is 5.97 Å². The number of hydrogen-bond acceptors (Lipinski definition) is 8. The lowest BCUT2D eigenvalue weighted by molar-refractivity contribution is -0.170. The Hall–Kier alpha value is -0.770. The van der Waals surface area contributed by atoms with Gasteiger partial charge in [0.2, 0.25) is 0 Å². The van der Waals surface area contributed by atoms with Gasteiger partial charge in [-0.05, 0) is 49.9 Å². The minimum atomic E-state index is -1.19. The molecule has 1 aliphatic heterocycles. The summed E-state index contributed by atoms with van der Waals surface area (Å²) in [6, 6.07) is 0. The van der Waals surface area contributed by atoms with Crippen molar-refractivity contribution in [2.24, 2.45) is 23.7 Å². The van der Waals surface area contributed by atoms with E-state index in [1.807, 2.05) is 7.11 Å². The first-order valence-corrected chi connectivity index (χ1v) is 44.7. The number of ether oxygens (including phenoxy) is 4. The lowest BCUT2D eigenvalue weighted by Crippen LogP contribution is -2.37.